The van der Waals surface area contributed by atoms with Gasteiger partial charge in [0.1, 0.15) is 11.5 Å². The van der Waals surface area contributed by atoms with Crippen LogP contribution >= 0.6 is 0 Å². The van der Waals surface area contributed by atoms with Crippen LogP contribution in [0, 0.1) is 5.82 Å². The quantitative estimate of drug-likeness (QED) is 0.914. The maximum atomic E-state index is 13.1. The molecule has 1 fully saturated rings. The molecular formula is C17H20FN3O2. The molecule has 3 rings (SSSR count). The maximum Gasteiger partial charge on any atom is 0.274 e. The van der Waals surface area contributed by atoms with E-state index in [4.69, 9.17) is 0 Å². The summed E-state index contributed by atoms with van der Waals surface area (Å²) in [5.41, 5.74) is 2.05. The van der Waals surface area contributed by atoms with E-state index < -0.39 is 6.10 Å². The lowest BCUT2D eigenvalue weighted by molar-refractivity contribution is 0.0710. The summed E-state index contributed by atoms with van der Waals surface area (Å²) in [4.78, 5) is 14.3. The molecule has 1 saturated heterocycles. The number of halogens is 1. The number of β-amino-alcohol motifs (C(OH)–C–C–N with tert-alkyl or cyclic N) is 1. The molecule has 1 amide bonds. The van der Waals surface area contributed by atoms with E-state index in [0.29, 0.717) is 12.1 Å². The van der Waals surface area contributed by atoms with Gasteiger partial charge in [0.2, 0.25) is 0 Å². The van der Waals surface area contributed by atoms with Gasteiger partial charge in [-0.15, -0.1) is 0 Å². The van der Waals surface area contributed by atoms with Crippen LogP contribution in [0.5, 0.6) is 0 Å². The summed E-state index contributed by atoms with van der Waals surface area (Å²) in [5.74, 6) is -0.292. The van der Waals surface area contributed by atoms with Crippen LogP contribution in [0.3, 0.4) is 0 Å². The summed E-state index contributed by atoms with van der Waals surface area (Å²) in [6.07, 6.45) is -0.142. The number of aromatic nitrogens is 2. The predicted octanol–water partition coefficient (Wildman–Crippen LogP) is 2.62. The normalized spacial score (nSPS) is 21.2. The Morgan fingerprint density at radius 2 is 2.09 bits per heavy atom. The number of carbonyl (C=O) groups excluding carboxylic acids is 1. The molecule has 122 valence electrons. The second-order valence-electron chi connectivity index (χ2n) is 6.28. The summed E-state index contributed by atoms with van der Waals surface area (Å²) >= 11 is 0. The third-order valence-electron chi connectivity index (χ3n) is 4.23. The number of carbonyl (C=O) groups is 1. The van der Waals surface area contributed by atoms with Crippen molar-refractivity contribution >= 4 is 5.91 Å². The van der Waals surface area contributed by atoms with E-state index in [1.807, 2.05) is 13.8 Å². The Balaban J connectivity index is 1.86. The highest BCUT2D eigenvalue weighted by Gasteiger charge is 2.36. The van der Waals surface area contributed by atoms with Crippen molar-refractivity contribution in [3.63, 3.8) is 0 Å². The highest BCUT2D eigenvalue weighted by Crippen LogP contribution is 2.33. The van der Waals surface area contributed by atoms with Crippen LogP contribution in [0.2, 0.25) is 0 Å². The average molecular weight is 317 g/mol. The van der Waals surface area contributed by atoms with Crippen molar-refractivity contribution in [3.8, 4) is 0 Å². The third kappa shape index (κ3) is 3.12. The van der Waals surface area contributed by atoms with Gasteiger partial charge in [-0.05, 0) is 36.1 Å². The Hall–Kier alpha value is -2.21. The van der Waals surface area contributed by atoms with Gasteiger partial charge in [0.15, 0.2) is 0 Å². The maximum absolute atomic E-state index is 13.1. The molecule has 0 bridgehead atoms. The summed E-state index contributed by atoms with van der Waals surface area (Å²) in [6.45, 7) is 4.29. The second kappa shape index (κ2) is 6.12. The van der Waals surface area contributed by atoms with E-state index in [1.165, 1.54) is 12.1 Å². The molecule has 6 heteroatoms. The van der Waals surface area contributed by atoms with Crippen LogP contribution in [0.15, 0.2) is 30.3 Å². The minimum Gasteiger partial charge on any atom is -0.391 e. The van der Waals surface area contributed by atoms with Gasteiger partial charge < -0.3 is 10.0 Å². The summed E-state index contributed by atoms with van der Waals surface area (Å²) in [5, 5.41) is 16.9. The number of aliphatic hydroxyl groups is 1. The first-order valence-electron chi connectivity index (χ1n) is 7.75. The SMILES string of the molecule is CC(C)c1cc(C(=O)N2C[C@H](O)C[C@@H]2c2ccc(F)cc2)n[nH]1. The Morgan fingerprint density at radius 1 is 1.39 bits per heavy atom. The van der Waals surface area contributed by atoms with Gasteiger partial charge in [-0.25, -0.2) is 4.39 Å². The Kier molecular flexibility index (Phi) is 4.17. The molecule has 2 aromatic rings. The summed E-state index contributed by atoms with van der Waals surface area (Å²) < 4.78 is 13.1. The first-order valence-corrected chi connectivity index (χ1v) is 7.75. The molecule has 2 N–H and O–H groups in total. The van der Waals surface area contributed by atoms with Crippen LogP contribution in [-0.4, -0.2) is 38.8 Å². The lowest BCUT2D eigenvalue weighted by Crippen LogP contribution is -2.32. The topological polar surface area (TPSA) is 69.2 Å². The Labute approximate surface area is 134 Å². The number of amides is 1. The molecular weight excluding hydrogens is 297 g/mol. The molecule has 23 heavy (non-hydrogen) atoms. The predicted molar refractivity (Wildman–Crippen MR) is 83.5 cm³/mol. The van der Waals surface area contributed by atoms with Gasteiger partial charge in [-0.3, -0.25) is 9.89 Å². The third-order valence-corrected chi connectivity index (χ3v) is 4.23. The molecule has 0 radical (unpaired) electrons. The number of hydrogen-bond acceptors (Lipinski definition) is 3. The smallest absolute Gasteiger partial charge is 0.274 e. The number of likely N-dealkylation sites (tertiary alicyclic amines) is 1. The number of hydrogen-bond donors (Lipinski definition) is 2. The van der Waals surface area contributed by atoms with Gasteiger partial charge in [0, 0.05) is 12.2 Å². The molecule has 1 aromatic carbocycles. The van der Waals surface area contributed by atoms with E-state index in [9.17, 15) is 14.3 Å². The molecule has 1 aliphatic rings. The molecule has 0 unspecified atom stereocenters. The number of nitrogens with one attached hydrogen (secondary N) is 1. The summed E-state index contributed by atoms with van der Waals surface area (Å²) in [7, 11) is 0. The number of H-pyrrole nitrogens is 1. The Bertz CT molecular complexity index is 696. The molecule has 2 heterocycles. The molecule has 5 nitrogen and oxygen atoms in total. The Morgan fingerprint density at radius 3 is 2.70 bits per heavy atom. The van der Waals surface area contributed by atoms with Gasteiger partial charge >= 0.3 is 0 Å². The van der Waals surface area contributed by atoms with Crippen LogP contribution < -0.4 is 0 Å². The monoisotopic (exact) mass is 317 g/mol. The molecule has 2 atom stereocenters. The number of aliphatic hydroxyl groups excluding tert-OH is 1. The minimum absolute atomic E-state index is 0.223. The zero-order chi connectivity index (χ0) is 16.6. The molecule has 0 saturated carbocycles. The first-order chi connectivity index (χ1) is 11.0. The van der Waals surface area contributed by atoms with E-state index in [2.05, 4.69) is 10.2 Å². The van der Waals surface area contributed by atoms with Crippen molar-refractivity contribution in [1.82, 2.24) is 15.1 Å². The van der Waals surface area contributed by atoms with E-state index >= 15 is 0 Å². The van der Waals surface area contributed by atoms with E-state index in [-0.39, 0.29) is 30.2 Å². The van der Waals surface area contributed by atoms with Crippen LogP contribution in [0.25, 0.3) is 0 Å². The van der Waals surface area contributed by atoms with Crippen molar-refractivity contribution in [2.45, 2.75) is 38.3 Å². The lowest BCUT2D eigenvalue weighted by atomic mass is 10.0. The van der Waals surface area contributed by atoms with Crippen LogP contribution in [-0.2, 0) is 0 Å². The fourth-order valence-corrected chi connectivity index (χ4v) is 2.93. The number of benzene rings is 1. The van der Waals surface area contributed by atoms with Crippen LogP contribution in [0.4, 0.5) is 4.39 Å². The highest BCUT2D eigenvalue weighted by molar-refractivity contribution is 5.93. The molecule has 0 aliphatic carbocycles. The zero-order valence-corrected chi connectivity index (χ0v) is 13.2. The van der Waals surface area contributed by atoms with Gasteiger partial charge in [-0.2, -0.15) is 5.10 Å². The van der Waals surface area contributed by atoms with Gasteiger partial charge in [0.05, 0.1) is 12.1 Å². The fraction of sp³-hybridized carbons (Fsp3) is 0.412. The van der Waals surface area contributed by atoms with E-state index in [1.54, 1.807) is 23.1 Å². The minimum atomic E-state index is -0.586. The molecule has 1 aliphatic heterocycles. The summed E-state index contributed by atoms with van der Waals surface area (Å²) in [6, 6.07) is 7.53. The number of aromatic amines is 1. The fourth-order valence-electron chi connectivity index (χ4n) is 2.93. The molecule has 0 spiro atoms. The van der Waals surface area contributed by atoms with Crippen molar-refractivity contribution in [1.29, 1.82) is 0 Å². The van der Waals surface area contributed by atoms with Crippen molar-refractivity contribution in [2.24, 2.45) is 0 Å². The van der Waals surface area contributed by atoms with Crippen molar-refractivity contribution in [2.75, 3.05) is 6.54 Å². The van der Waals surface area contributed by atoms with Gasteiger partial charge in [0.25, 0.3) is 5.91 Å². The zero-order valence-electron chi connectivity index (χ0n) is 13.2. The van der Waals surface area contributed by atoms with Crippen LogP contribution in [0.1, 0.15) is 54.0 Å². The number of nitrogens with zero attached hydrogens (tertiary/aromatic N) is 2. The van der Waals surface area contributed by atoms with Gasteiger partial charge in [-0.1, -0.05) is 26.0 Å². The largest absolute Gasteiger partial charge is 0.391 e. The number of rotatable bonds is 3. The highest BCUT2D eigenvalue weighted by atomic mass is 19.1. The van der Waals surface area contributed by atoms with Crippen molar-refractivity contribution in [3.05, 3.63) is 53.1 Å². The molecule has 1 aromatic heterocycles. The average Bonchev–Trinajstić information content (AvgIpc) is 3.14. The van der Waals surface area contributed by atoms with Crippen molar-refractivity contribution < 1.29 is 14.3 Å². The first kappa shape index (κ1) is 15.7. The second-order valence-corrected chi connectivity index (χ2v) is 6.28. The van der Waals surface area contributed by atoms with E-state index in [0.717, 1.165) is 11.3 Å². The standard InChI is InChI=1S/C17H20FN3O2/c1-10(2)14-8-15(20-19-14)17(23)21-9-13(22)7-16(21)11-3-5-12(18)6-4-11/h3-6,8,10,13,16,22H,7,9H2,1-2H3,(H,19,20)/t13-,16-/m1/s1. The lowest BCUT2D eigenvalue weighted by Gasteiger charge is -2.23.